The molecule has 0 aliphatic carbocycles. The Morgan fingerprint density at radius 1 is 1.28 bits per heavy atom. The largest absolute Gasteiger partial charge is 0.466 e. The summed E-state index contributed by atoms with van der Waals surface area (Å²) in [6.45, 7) is 1.50. The molecular formula is C18H17NO6. The molecule has 3 heterocycles. The number of carbonyl (C=O) groups is 3. The first-order valence-corrected chi connectivity index (χ1v) is 7.95. The molecule has 0 aromatic heterocycles. The number of hydrogen-bond acceptors (Lipinski definition) is 6. The van der Waals surface area contributed by atoms with E-state index in [2.05, 4.69) is 0 Å². The summed E-state index contributed by atoms with van der Waals surface area (Å²) in [5.74, 6) is -1.58. The quantitative estimate of drug-likeness (QED) is 0.595. The van der Waals surface area contributed by atoms with Crippen LogP contribution < -0.4 is 0 Å². The van der Waals surface area contributed by atoms with Gasteiger partial charge < -0.3 is 14.2 Å². The lowest BCUT2D eigenvalue weighted by molar-refractivity contribution is -0.184. The van der Waals surface area contributed by atoms with E-state index in [1.54, 1.807) is 0 Å². The van der Waals surface area contributed by atoms with Crippen molar-refractivity contribution in [1.29, 1.82) is 0 Å². The van der Waals surface area contributed by atoms with E-state index >= 15 is 0 Å². The standard InChI is InChI=1S/C18H17NO6/c1-11(20)17-8-13(15(21)23-2)18(25-17)10-24-9-14(19(18)16(17)22)12-6-4-3-5-7-12/h3-8,14H,9-10H2,1-2H3/t14-,17+,18+/m0/s1. The van der Waals surface area contributed by atoms with Gasteiger partial charge in [0.1, 0.15) is 0 Å². The van der Waals surface area contributed by atoms with Gasteiger partial charge in [0.05, 0.1) is 31.9 Å². The molecule has 0 radical (unpaired) electrons. The molecule has 7 nitrogen and oxygen atoms in total. The van der Waals surface area contributed by atoms with E-state index in [0.717, 1.165) is 5.56 Å². The Kier molecular flexibility index (Phi) is 3.35. The molecule has 0 N–H and O–H groups in total. The molecule has 130 valence electrons. The Morgan fingerprint density at radius 2 is 2.00 bits per heavy atom. The maximum Gasteiger partial charge on any atom is 0.338 e. The summed E-state index contributed by atoms with van der Waals surface area (Å²) in [6.07, 6.45) is 1.29. The van der Waals surface area contributed by atoms with Crippen molar-refractivity contribution in [3.8, 4) is 0 Å². The van der Waals surface area contributed by atoms with E-state index < -0.39 is 35.0 Å². The molecule has 1 spiro atoms. The highest BCUT2D eigenvalue weighted by Crippen LogP contribution is 2.53. The van der Waals surface area contributed by atoms with Crippen molar-refractivity contribution in [1.82, 2.24) is 4.90 Å². The van der Waals surface area contributed by atoms with Gasteiger partial charge in [-0.2, -0.15) is 0 Å². The molecule has 1 aromatic rings. The van der Waals surface area contributed by atoms with Crippen LogP contribution in [0.15, 0.2) is 42.0 Å². The molecule has 0 saturated carbocycles. The van der Waals surface area contributed by atoms with Gasteiger partial charge in [0, 0.05) is 0 Å². The molecule has 3 aliphatic heterocycles. The fourth-order valence-electron chi connectivity index (χ4n) is 3.82. The van der Waals surface area contributed by atoms with Crippen LogP contribution in [0, 0.1) is 0 Å². The lowest BCUT2D eigenvalue weighted by Crippen LogP contribution is -2.60. The molecule has 2 fully saturated rings. The Morgan fingerprint density at radius 3 is 2.64 bits per heavy atom. The number of fused-ring (bicyclic) bond motifs is 1. The van der Waals surface area contributed by atoms with Crippen LogP contribution >= 0.6 is 0 Å². The van der Waals surface area contributed by atoms with E-state index in [0.29, 0.717) is 0 Å². The number of rotatable bonds is 3. The van der Waals surface area contributed by atoms with Gasteiger partial charge in [-0.3, -0.25) is 14.5 Å². The fraction of sp³-hybridized carbons (Fsp3) is 0.389. The number of morpholine rings is 1. The van der Waals surface area contributed by atoms with Crippen LogP contribution in [0.2, 0.25) is 0 Å². The van der Waals surface area contributed by atoms with Crippen LogP contribution in [0.5, 0.6) is 0 Å². The first-order chi connectivity index (χ1) is 12.0. The van der Waals surface area contributed by atoms with Crippen LogP contribution in [-0.4, -0.2) is 54.2 Å². The van der Waals surface area contributed by atoms with Gasteiger partial charge in [0.15, 0.2) is 5.78 Å². The second-order valence-electron chi connectivity index (χ2n) is 6.34. The van der Waals surface area contributed by atoms with Crippen LogP contribution in [0.25, 0.3) is 0 Å². The maximum atomic E-state index is 13.1. The zero-order valence-corrected chi connectivity index (χ0v) is 13.9. The number of benzene rings is 1. The third-order valence-corrected chi connectivity index (χ3v) is 5.02. The van der Waals surface area contributed by atoms with Crippen molar-refractivity contribution in [3.63, 3.8) is 0 Å². The smallest absolute Gasteiger partial charge is 0.338 e. The van der Waals surface area contributed by atoms with Gasteiger partial charge in [-0.05, 0) is 18.6 Å². The lowest BCUT2D eigenvalue weighted by Gasteiger charge is -2.45. The first-order valence-electron chi connectivity index (χ1n) is 7.95. The summed E-state index contributed by atoms with van der Waals surface area (Å²) in [4.78, 5) is 39.2. The maximum absolute atomic E-state index is 13.1. The fourth-order valence-corrected chi connectivity index (χ4v) is 3.82. The predicted octanol–water partition coefficient (Wildman–Crippen LogP) is 0.754. The number of esters is 1. The number of ether oxygens (including phenoxy) is 3. The highest BCUT2D eigenvalue weighted by atomic mass is 16.6. The minimum atomic E-state index is -1.79. The Bertz CT molecular complexity index is 803. The number of Topliss-reactive ketones (excluding diaryl/α,β-unsaturated/α-hetero) is 1. The predicted molar refractivity (Wildman–Crippen MR) is 84.2 cm³/mol. The molecule has 25 heavy (non-hydrogen) atoms. The van der Waals surface area contributed by atoms with E-state index in [-0.39, 0.29) is 18.8 Å². The molecule has 7 heteroatoms. The molecule has 1 amide bonds. The molecule has 3 aliphatic rings. The number of nitrogens with zero attached hydrogens (tertiary/aromatic N) is 1. The molecule has 3 atom stereocenters. The second-order valence-corrected chi connectivity index (χ2v) is 6.34. The minimum Gasteiger partial charge on any atom is -0.466 e. The van der Waals surface area contributed by atoms with Crippen molar-refractivity contribution >= 4 is 17.7 Å². The van der Waals surface area contributed by atoms with Gasteiger partial charge in [-0.1, -0.05) is 30.3 Å². The van der Waals surface area contributed by atoms with Crippen LogP contribution in [0.1, 0.15) is 18.5 Å². The van der Waals surface area contributed by atoms with E-state index in [4.69, 9.17) is 14.2 Å². The van der Waals surface area contributed by atoms with Crippen molar-refractivity contribution in [2.24, 2.45) is 0 Å². The number of hydrogen-bond donors (Lipinski definition) is 0. The van der Waals surface area contributed by atoms with Crippen molar-refractivity contribution in [2.45, 2.75) is 24.3 Å². The molecule has 2 bridgehead atoms. The Balaban J connectivity index is 1.88. The molecule has 0 unspecified atom stereocenters. The average molecular weight is 343 g/mol. The third kappa shape index (κ3) is 1.90. The van der Waals surface area contributed by atoms with E-state index in [9.17, 15) is 14.4 Å². The van der Waals surface area contributed by atoms with Gasteiger partial charge in [-0.15, -0.1) is 0 Å². The normalized spacial score (nSPS) is 33.0. The molecule has 1 aromatic carbocycles. The summed E-state index contributed by atoms with van der Waals surface area (Å²) in [6, 6.07) is 8.86. The number of carbonyl (C=O) groups excluding carboxylic acids is 3. The lowest BCUT2D eigenvalue weighted by atomic mass is 9.87. The Hall–Kier alpha value is -2.51. The zero-order valence-electron chi connectivity index (χ0n) is 13.9. The van der Waals surface area contributed by atoms with Gasteiger partial charge >= 0.3 is 5.97 Å². The van der Waals surface area contributed by atoms with Gasteiger partial charge in [0.25, 0.3) is 5.91 Å². The van der Waals surface area contributed by atoms with Crippen LogP contribution in [0.4, 0.5) is 0 Å². The van der Waals surface area contributed by atoms with E-state index in [1.165, 1.54) is 25.0 Å². The molecular weight excluding hydrogens is 326 g/mol. The topological polar surface area (TPSA) is 82.1 Å². The SMILES string of the molecule is COC(=O)C1=C[C@]2(C(C)=O)O[C@]13COC[C@@H](c1ccccc1)N3C2=O. The van der Waals surface area contributed by atoms with Crippen molar-refractivity contribution in [2.75, 3.05) is 20.3 Å². The van der Waals surface area contributed by atoms with Gasteiger partial charge in [0.2, 0.25) is 11.3 Å². The molecule has 4 rings (SSSR count). The third-order valence-electron chi connectivity index (χ3n) is 5.02. The second kappa shape index (κ2) is 5.24. The Labute approximate surface area is 144 Å². The molecule has 2 saturated heterocycles. The van der Waals surface area contributed by atoms with Crippen LogP contribution in [-0.2, 0) is 28.6 Å². The summed E-state index contributed by atoms with van der Waals surface area (Å²) in [7, 11) is 1.25. The summed E-state index contributed by atoms with van der Waals surface area (Å²) < 4.78 is 16.5. The number of ketones is 1. The number of methoxy groups -OCH3 is 1. The van der Waals surface area contributed by atoms with Crippen molar-refractivity contribution in [3.05, 3.63) is 47.5 Å². The first kappa shape index (κ1) is 16.0. The highest BCUT2D eigenvalue weighted by molar-refractivity contribution is 6.16. The average Bonchev–Trinajstić information content (AvgIpc) is 3.10. The van der Waals surface area contributed by atoms with E-state index in [1.807, 2.05) is 30.3 Å². The van der Waals surface area contributed by atoms with Gasteiger partial charge in [-0.25, -0.2) is 4.79 Å². The minimum absolute atomic E-state index is 0.0297. The zero-order chi connectivity index (χ0) is 17.8. The summed E-state index contributed by atoms with van der Waals surface area (Å²) in [5, 5.41) is 0. The summed E-state index contributed by atoms with van der Waals surface area (Å²) in [5.41, 5.74) is -2.25. The summed E-state index contributed by atoms with van der Waals surface area (Å²) >= 11 is 0. The number of amides is 1. The monoisotopic (exact) mass is 343 g/mol. The highest BCUT2D eigenvalue weighted by Gasteiger charge is 2.72. The van der Waals surface area contributed by atoms with Crippen molar-refractivity contribution < 1.29 is 28.6 Å². The van der Waals surface area contributed by atoms with Crippen LogP contribution in [0.3, 0.4) is 0 Å².